The Bertz CT molecular complexity index is 546. The third-order valence-corrected chi connectivity index (χ3v) is 4.36. The first-order valence-corrected chi connectivity index (χ1v) is 8.46. The normalized spacial score (nSPS) is 18.3. The monoisotopic (exact) mass is 337 g/mol. The van der Waals surface area contributed by atoms with E-state index in [9.17, 15) is 9.59 Å². The van der Waals surface area contributed by atoms with Gasteiger partial charge in [-0.25, -0.2) is 4.99 Å². The van der Waals surface area contributed by atoms with Gasteiger partial charge in [-0.15, -0.1) is 11.3 Å². The molecule has 8 heteroatoms. The van der Waals surface area contributed by atoms with Crippen LogP contribution in [0.15, 0.2) is 22.5 Å². The summed E-state index contributed by atoms with van der Waals surface area (Å²) in [7, 11) is 3.42. The first kappa shape index (κ1) is 17.3. The highest BCUT2D eigenvalue weighted by Crippen LogP contribution is 2.07. The number of carbonyl (C=O) groups is 2. The SMILES string of the molecule is CN(C)C(=O)CN=C(NCc1cccs1)NC1CCC(=O)NC1. The summed E-state index contributed by atoms with van der Waals surface area (Å²) < 4.78 is 0. The van der Waals surface area contributed by atoms with Crippen LogP contribution in [0.3, 0.4) is 0 Å². The zero-order valence-corrected chi connectivity index (χ0v) is 14.3. The lowest BCUT2D eigenvalue weighted by Crippen LogP contribution is -2.51. The highest BCUT2D eigenvalue weighted by molar-refractivity contribution is 7.09. The Hall–Kier alpha value is -2.09. The van der Waals surface area contributed by atoms with Gasteiger partial charge in [-0.2, -0.15) is 0 Å². The van der Waals surface area contributed by atoms with Crippen molar-refractivity contribution >= 4 is 29.1 Å². The van der Waals surface area contributed by atoms with Crippen molar-refractivity contribution < 1.29 is 9.59 Å². The third-order valence-electron chi connectivity index (χ3n) is 3.49. The van der Waals surface area contributed by atoms with Crippen LogP contribution in [0, 0.1) is 0 Å². The van der Waals surface area contributed by atoms with Gasteiger partial charge in [-0.3, -0.25) is 9.59 Å². The van der Waals surface area contributed by atoms with Gasteiger partial charge in [0.25, 0.3) is 0 Å². The van der Waals surface area contributed by atoms with E-state index >= 15 is 0 Å². The molecule has 1 fully saturated rings. The van der Waals surface area contributed by atoms with E-state index in [0.29, 0.717) is 25.5 Å². The molecule has 0 radical (unpaired) electrons. The topological polar surface area (TPSA) is 85.8 Å². The van der Waals surface area contributed by atoms with E-state index in [1.165, 1.54) is 9.78 Å². The van der Waals surface area contributed by atoms with Crippen molar-refractivity contribution in [2.75, 3.05) is 27.2 Å². The molecule has 1 unspecified atom stereocenters. The minimum Gasteiger partial charge on any atom is -0.354 e. The number of likely N-dealkylation sites (N-methyl/N-ethyl adjacent to an activating group) is 1. The molecule has 0 spiro atoms. The first-order valence-electron chi connectivity index (χ1n) is 7.58. The quantitative estimate of drug-likeness (QED) is 0.527. The Kier molecular flexibility index (Phi) is 6.40. The van der Waals surface area contributed by atoms with Crippen molar-refractivity contribution in [2.24, 2.45) is 4.99 Å². The van der Waals surface area contributed by atoms with Crippen molar-refractivity contribution in [1.29, 1.82) is 0 Å². The lowest BCUT2D eigenvalue weighted by atomic mass is 10.1. The molecule has 2 rings (SSSR count). The number of piperidine rings is 1. The van der Waals surface area contributed by atoms with Gasteiger partial charge in [0.1, 0.15) is 6.54 Å². The molecule has 1 aliphatic rings. The van der Waals surface area contributed by atoms with E-state index in [1.54, 1.807) is 25.4 Å². The van der Waals surface area contributed by atoms with Crippen LogP contribution in [-0.2, 0) is 16.1 Å². The number of hydrogen-bond donors (Lipinski definition) is 3. The Morgan fingerprint density at radius 3 is 2.96 bits per heavy atom. The molecular formula is C15H23N5O2S. The highest BCUT2D eigenvalue weighted by Gasteiger charge is 2.19. The minimum absolute atomic E-state index is 0.0563. The number of thiophene rings is 1. The average molecular weight is 337 g/mol. The van der Waals surface area contributed by atoms with Crippen LogP contribution in [0.5, 0.6) is 0 Å². The number of rotatable bonds is 5. The molecule has 23 heavy (non-hydrogen) atoms. The van der Waals surface area contributed by atoms with Crippen molar-refractivity contribution in [3.63, 3.8) is 0 Å². The Morgan fingerprint density at radius 1 is 1.52 bits per heavy atom. The van der Waals surface area contributed by atoms with Crippen LogP contribution >= 0.6 is 11.3 Å². The largest absolute Gasteiger partial charge is 0.354 e. The maximum Gasteiger partial charge on any atom is 0.243 e. The second-order valence-corrected chi connectivity index (χ2v) is 6.60. The van der Waals surface area contributed by atoms with Gasteiger partial charge in [0, 0.05) is 38.0 Å². The molecule has 0 bridgehead atoms. The second kappa shape index (κ2) is 8.52. The maximum atomic E-state index is 11.7. The summed E-state index contributed by atoms with van der Waals surface area (Å²) in [6, 6.07) is 4.16. The van der Waals surface area contributed by atoms with Gasteiger partial charge in [0.05, 0.1) is 6.54 Å². The molecule has 0 aromatic carbocycles. The van der Waals surface area contributed by atoms with E-state index in [4.69, 9.17) is 0 Å². The predicted octanol–water partition coefficient (Wildman–Crippen LogP) is 0.150. The van der Waals surface area contributed by atoms with E-state index in [-0.39, 0.29) is 24.4 Å². The third kappa shape index (κ3) is 5.90. The number of nitrogens with zero attached hydrogens (tertiary/aromatic N) is 2. The number of amides is 2. The van der Waals surface area contributed by atoms with Gasteiger partial charge in [0.2, 0.25) is 11.8 Å². The molecule has 1 aromatic rings. The fraction of sp³-hybridized carbons (Fsp3) is 0.533. The zero-order chi connectivity index (χ0) is 16.7. The van der Waals surface area contributed by atoms with Crippen LogP contribution in [-0.4, -0.2) is 55.9 Å². The predicted molar refractivity (Wildman–Crippen MR) is 91.3 cm³/mol. The molecule has 1 atom stereocenters. The summed E-state index contributed by atoms with van der Waals surface area (Å²) in [6.45, 7) is 1.31. The minimum atomic E-state index is -0.0563. The lowest BCUT2D eigenvalue weighted by Gasteiger charge is -2.25. The number of hydrogen-bond acceptors (Lipinski definition) is 4. The van der Waals surface area contributed by atoms with Crippen molar-refractivity contribution in [3.8, 4) is 0 Å². The number of aliphatic imine (C=N–C) groups is 1. The molecular weight excluding hydrogens is 314 g/mol. The fourth-order valence-corrected chi connectivity index (χ4v) is 2.72. The van der Waals surface area contributed by atoms with Crippen molar-refractivity contribution in [1.82, 2.24) is 20.9 Å². The van der Waals surface area contributed by atoms with E-state index in [1.807, 2.05) is 17.5 Å². The molecule has 2 amide bonds. The van der Waals surface area contributed by atoms with Gasteiger partial charge in [0.15, 0.2) is 5.96 Å². The lowest BCUT2D eigenvalue weighted by molar-refractivity contribution is -0.127. The van der Waals surface area contributed by atoms with Crippen LogP contribution in [0.4, 0.5) is 0 Å². The van der Waals surface area contributed by atoms with E-state index in [2.05, 4.69) is 20.9 Å². The van der Waals surface area contributed by atoms with Crippen LogP contribution < -0.4 is 16.0 Å². The smallest absolute Gasteiger partial charge is 0.243 e. The first-order chi connectivity index (χ1) is 11.0. The van der Waals surface area contributed by atoms with E-state index in [0.717, 1.165) is 6.42 Å². The fourth-order valence-electron chi connectivity index (χ4n) is 2.07. The summed E-state index contributed by atoms with van der Waals surface area (Å²) in [6.07, 6.45) is 1.26. The van der Waals surface area contributed by atoms with E-state index < -0.39 is 0 Å². The molecule has 3 N–H and O–H groups in total. The molecule has 1 saturated heterocycles. The summed E-state index contributed by atoms with van der Waals surface area (Å²) in [5.74, 6) is 0.616. The molecule has 2 heterocycles. The second-order valence-electron chi connectivity index (χ2n) is 5.57. The van der Waals surface area contributed by atoms with Crippen molar-refractivity contribution in [2.45, 2.75) is 25.4 Å². The molecule has 1 aliphatic heterocycles. The average Bonchev–Trinajstić information content (AvgIpc) is 3.05. The molecule has 0 aliphatic carbocycles. The standard InChI is InChI=1S/C15H23N5O2S/c1-20(2)14(22)10-18-15(17-9-12-4-3-7-23-12)19-11-5-6-13(21)16-8-11/h3-4,7,11H,5-6,8-10H2,1-2H3,(H,16,21)(H2,17,18,19). The van der Waals surface area contributed by atoms with Gasteiger partial charge < -0.3 is 20.9 Å². The Balaban J connectivity index is 1.93. The van der Waals surface area contributed by atoms with Gasteiger partial charge in [-0.1, -0.05) is 6.07 Å². The Labute approximate surface area is 140 Å². The number of nitrogens with one attached hydrogen (secondary N) is 3. The zero-order valence-electron chi connectivity index (χ0n) is 13.5. The summed E-state index contributed by atoms with van der Waals surface area (Å²) in [5, 5.41) is 11.4. The summed E-state index contributed by atoms with van der Waals surface area (Å²) >= 11 is 1.66. The van der Waals surface area contributed by atoms with Crippen molar-refractivity contribution in [3.05, 3.63) is 22.4 Å². The van der Waals surface area contributed by atoms with Gasteiger partial charge in [-0.05, 0) is 17.9 Å². The molecule has 7 nitrogen and oxygen atoms in total. The van der Waals surface area contributed by atoms with Crippen LogP contribution in [0.1, 0.15) is 17.7 Å². The van der Waals surface area contributed by atoms with Crippen LogP contribution in [0.2, 0.25) is 0 Å². The summed E-state index contributed by atoms with van der Waals surface area (Å²) in [5.41, 5.74) is 0. The molecule has 126 valence electrons. The maximum absolute atomic E-state index is 11.7. The highest BCUT2D eigenvalue weighted by atomic mass is 32.1. The molecule has 1 aromatic heterocycles. The Morgan fingerprint density at radius 2 is 2.35 bits per heavy atom. The molecule has 0 saturated carbocycles. The number of guanidine groups is 1. The van der Waals surface area contributed by atoms with Crippen LogP contribution in [0.25, 0.3) is 0 Å². The number of carbonyl (C=O) groups excluding carboxylic acids is 2. The summed E-state index contributed by atoms with van der Waals surface area (Å²) in [4.78, 5) is 30.0. The van der Waals surface area contributed by atoms with Gasteiger partial charge >= 0.3 is 0 Å².